The number of likely N-dealkylation sites (tertiary alicyclic amines) is 1. The maximum Gasteiger partial charge on any atom is 0.261 e. The van der Waals surface area contributed by atoms with Crippen LogP contribution in [0.1, 0.15) is 44.8 Å². The molecule has 1 fully saturated rings. The fourth-order valence-electron chi connectivity index (χ4n) is 3.02. The van der Waals surface area contributed by atoms with E-state index in [1.54, 1.807) is 14.0 Å². The number of aromatic nitrogens is 2. The molecule has 1 saturated heterocycles. The molecule has 0 bridgehead atoms. The highest BCUT2D eigenvalue weighted by molar-refractivity contribution is 7.14. The van der Waals surface area contributed by atoms with Crippen molar-refractivity contribution in [2.24, 2.45) is 0 Å². The van der Waals surface area contributed by atoms with E-state index >= 15 is 0 Å². The van der Waals surface area contributed by atoms with Crippen LogP contribution in [0.2, 0.25) is 0 Å². The molecule has 3 heterocycles. The van der Waals surface area contributed by atoms with Gasteiger partial charge in [0.2, 0.25) is 5.91 Å². The number of ether oxygens (including phenoxy) is 1. The van der Waals surface area contributed by atoms with E-state index in [-0.39, 0.29) is 24.3 Å². The number of nitrogens with zero attached hydrogens (tertiary/aromatic N) is 3. The molecular formula is C17H22N4O4S. The van der Waals surface area contributed by atoms with Crippen molar-refractivity contribution < 1.29 is 19.0 Å². The Morgan fingerprint density at radius 2 is 2.27 bits per heavy atom. The molecule has 3 rings (SSSR count). The molecule has 140 valence electrons. The summed E-state index contributed by atoms with van der Waals surface area (Å²) < 4.78 is 9.60. The molecule has 0 radical (unpaired) electrons. The first kappa shape index (κ1) is 18.5. The molecule has 2 aromatic rings. The van der Waals surface area contributed by atoms with E-state index in [9.17, 15) is 9.59 Å². The van der Waals surface area contributed by atoms with Crippen LogP contribution in [-0.2, 0) is 16.0 Å². The number of carbonyl (C=O) groups is 2. The average Bonchev–Trinajstić information content (AvgIpc) is 3.35. The van der Waals surface area contributed by atoms with Gasteiger partial charge < -0.3 is 15.0 Å². The Morgan fingerprint density at radius 1 is 1.42 bits per heavy atom. The minimum Gasteiger partial charge on any atom is -0.383 e. The van der Waals surface area contributed by atoms with Gasteiger partial charge in [-0.15, -0.1) is 11.3 Å². The van der Waals surface area contributed by atoms with Gasteiger partial charge in [-0.3, -0.25) is 9.59 Å². The van der Waals surface area contributed by atoms with Gasteiger partial charge in [0.05, 0.1) is 23.9 Å². The molecule has 0 saturated carbocycles. The lowest BCUT2D eigenvalue weighted by Crippen LogP contribution is -2.31. The number of carbonyl (C=O) groups excluding carboxylic acids is 2. The van der Waals surface area contributed by atoms with Gasteiger partial charge in [0.25, 0.3) is 5.91 Å². The molecule has 26 heavy (non-hydrogen) atoms. The molecule has 2 amide bonds. The van der Waals surface area contributed by atoms with E-state index in [1.807, 2.05) is 17.0 Å². The first-order valence-corrected chi connectivity index (χ1v) is 9.36. The Balaban J connectivity index is 1.65. The zero-order valence-electron chi connectivity index (χ0n) is 14.9. The van der Waals surface area contributed by atoms with Gasteiger partial charge in [0.1, 0.15) is 11.4 Å². The monoisotopic (exact) mass is 378 g/mol. The number of methoxy groups -OCH3 is 1. The maximum absolute atomic E-state index is 12.7. The van der Waals surface area contributed by atoms with E-state index in [1.165, 1.54) is 11.3 Å². The third-order valence-electron chi connectivity index (χ3n) is 4.41. The molecule has 0 spiro atoms. The van der Waals surface area contributed by atoms with E-state index in [0.29, 0.717) is 36.0 Å². The Labute approximate surface area is 155 Å². The molecule has 0 aromatic carbocycles. The summed E-state index contributed by atoms with van der Waals surface area (Å²) >= 11 is 1.44. The highest BCUT2D eigenvalue weighted by Crippen LogP contribution is 2.36. The van der Waals surface area contributed by atoms with Crippen molar-refractivity contribution >= 4 is 23.2 Å². The molecule has 1 aliphatic heterocycles. The fourth-order valence-corrected chi connectivity index (χ4v) is 4.10. The number of aryl methyl sites for hydroxylation is 1. The van der Waals surface area contributed by atoms with Gasteiger partial charge in [-0.1, -0.05) is 10.3 Å². The van der Waals surface area contributed by atoms with E-state index in [0.717, 1.165) is 17.7 Å². The van der Waals surface area contributed by atoms with Crippen LogP contribution < -0.4 is 5.32 Å². The molecule has 9 heteroatoms. The number of hydrogen-bond acceptors (Lipinski definition) is 7. The number of hydrogen-bond donors (Lipinski definition) is 1. The van der Waals surface area contributed by atoms with Crippen molar-refractivity contribution in [1.82, 2.24) is 20.5 Å². The Morgan fingerprint density at radius 3 is 3.00 bits per heavy atom. The standard InChI is InChI=1S/C17H22N4O4S/c1-11-12(20-25-19-11)10-16(22)21-8-3-4-13(21)14-5-6-15(26-14)17(23)18-7-9-24-2/h5-6,13H,3-4,7-10H2,1-2H3,(H,18,23). The van der Waals surface area contributed by atoms with E-state index < -0.39 is 0 Å². The molecule has 2 aromatic heterocycles. The minimum absolute atomic E-state index is 0.00537. The smallest absolute Gasteiger partial charge is 0.261 e. The van der Waals surface area contributed by atoms with Gasteiger partial charge in [-0.05, 0) is 31.9 Å². The second kappa shape index (κ2) is 8.41. The third-order valence-corrected chi connectivity index (χ3v) is 5.59. The van der Waals surface area contributed by atoms with Crippen LogP contribution in [0, 0.1) is 6.92 Å². The van der Waals surface area contributed by atoms with Gasteiger partial charge in [0, 0.05) is 25.1 Å². The predicted octanol–water partition coefficient (Wildman–Crippen LogP) is 1.72. The highest BCUT2D eigenvalue weighted by atomic mass is 32.1. The lowest BCUT2D eigenvalue weighted by molar-refractivity contribution is -0.131. The van der Waals surface area contributed by atoms with Crippen molar-refractivity contribution in [3.8, 4) is 0 Å². The van der Waals surface area contributed by atoms with Gasteiger partial charge in [-0.25, -0.2) is 4.63 Å². The lowest BCUT2D eigenvalue weighted by Gasteiger charge is -2.23. The SMILES string of the molecule is COCCNC(=O)c1ccc(C2CCCN2C(=O)Cc2nonc2C)s1. The quantitative estimate of drug-likeness (QED) is 0.737. The molecule has 0 aliphatic carbocycles. The van der Waals surface area contributed by atoms with Crippen molar-refractivity contribution in [2.45, 2.75) is 32.2 Å². The maximum atomic E-state index is 12.7. The molecule has 1 unspecified atom stereocenters. The van der Waals surface area contributed by atoms with E-state index in [2.05, 4.69) is 20.3 Å². The summed E-state index contributed by atoms with van der Waals surface area (Å²) in [4.78, 5) is 28.4. The van der Waals surface area contributed by atoms with Gasteiger partial charge >= 0.3 is 0 Å². The molecule has 1 N–H and O–H groups in total. The van der Waals surface area contributed by atoms with Crippen LogP contribution in [-0.4, -0.2) is 53.8 Å². The normalized spacial score (nSPS) is 16.8. The largest absolute Gasteiger partial charge is 0.383 e. The van der Waals surface area contributed by atoms with Crippen molar-refractivity contribution in [1.29, 1.82) is 0 Å². The Hall–Kier alpha value is -2.26. The fraction of sp³-hybridized carbons (Fsp3) is 0.529. The van der Waals surface area contributed by atoms with Crippen LogP contribution in [0.5, 0.6) is 0 Å². The summed E-state index contributed by atoms with van der Waals surface area (Å²) in [5.41, 5.74) is 1.21. The first-order chi connectivity index (χ1) is 12.6. The number of nitrogens with one attached hydrogen (secondary N) is 1. The summed E-state index contributed by atoms with van der Waals surface area (Å²) in [6.07, 6.45) is 2.02. The van der Waals surface area contributed by atoms with Crippen LogP contribution in [0.4, 0.5) is 0 Å². The summed E-state index contributed by atoms with van der Waals surface area (Å²) in [7, 11) is 1.59. The molecule has 8 nitrogen and oxygen atoms in total. The van der Waals surface area contributed by atoms with Crippen LogP contribution in [0.15, 0.2) is 16.8 Å². The highest BCUT2D eigenvalue weighted by Gasteiger charge is 2.32. The summed E-state index contributed by atoms with van der Waals surface area (Å²) in [6.45, 7) is 3.43. The lowest BCUT2D eigenvalue weighted by atomic mass is 10.1. The predicted molar refractivity (Wildman–Crippen MR) is 95.0 cm³/mol. The summed E-state index contributed by atoms with van der Waals surface area (Å²) in [5, 5.41) is 10.3. The zero-order chi connectivity index (χ0) is 18.5. The molecule has 1 atom stereocenters. The van der Waals surface area contributed by atoms with Crippen molar-refractivity contribution in [3.63, 3.8) is 0 Å². The third kappa shape index (κ3) is 4.10. The summed E-state index contributed by atoms with van der Waals surface area (Å²) in [5.74, 6) is -0.107. The van der Waals surface area contributed by atoms with Crippen molar-refractivity contribution in [2.75, 3.05) is 26.8 Å². The molecule has 1 aliphatic rings. The second-order valence-corrected chi connectivity index (χ2v) is 7.28. The van der Waals surface area contributed by atoms with Crippen LogP contribution >= 0.6 is 11.3 Å². The van der Waals surface area contributed by atoms with Crippen LogP contribution in [0.25, 0.3) is 0 Å². The number of thiophene rings is 1. The topological polar surface area (TPSA) is 97.6 Å². The number of amides is 2. The Bertz CT molecular complexity index is 772. The Kier molecular flexibility index (Phi) is 6.00. The van der Waals surface area contributed by atoms with Crippen LogP contribution in [0.3, 0.4) is 0 Å². The average molecular weight is 378 g/mol. The second-order valence-electron chi connectivity index (χ2n) is 6.17. The van der Waals surface area contributed by atoms with Gasteiger partial charge in [0.15, 0.2) is 0 Å². The zero-order valence-corrected chi connectivity index (χ0v) is 15.7. The minimum atomic E-state index is -0.113. The summed E-state index contributed by atoms with van der Waals surface area (Å²) in [6, 6.07) is 3.76. The molecular weight excluding hydrogens is 356 g/mol. The van der Waals surface area contributed by atoms with Gasteiger partial charge in [-0.2, -0.15) is 0 Å². The first-order valence-electron chi connectivity index (χ1n) is 8.54. The number of rotatable bonds is 7. The van der Waals surface area contributed by atoms with Crippen molar-refractivity contribution in [3.05, 3.63) is 33.3 Å². The van der Waals surface area contributed by atoms with E-state index in [4.69, 9.17) is 4.74 Å².